The van der Waals surface area contributed by atoms with Gasteiger partial charge >= 0.3 is 0 Å². The van der Waals surface area contributed by atoms with E-state index < -0.39 is 30.5 Å². The van der Waals surface area contributed by atoms with Crippen molar-refractivity contribution in [1.29, 1.82) is 0 Å². The normalized spacial score (nSPS) is 12.2. The predicted octanol–water partition coefficient (Wildman–Crippen LogP) is -0.110. The third-order valence-corrected chi connectivity index (χ3v) is 4.98. The van der Waals surface area contributed by atoms with Gasteiger partial charge in [0.25, 0.3) is 5.69 Å². The highest BCUT2D eigenvalue weighted by molar-refractivity contribution is 7.90. The molecular formula is C10H15N3O6S2. The van der Waals surface area contributed by atoms with Gasteiger partial charge in [-0.1, -0.05) is 0 Å². The van der Waals surface area contributed by atoms with Crippen LogP contribution in [0.5, 0.6) is 0 Å². The smallest absolute Gasteiger partial charge is 0.293 e. The maximum Gasteiger partial charge on any atom is 0.293 e. The molecule has 0 aliphatic rings. The van der Waals surface area contributed by atoms with Gasteiger partial charge in [0.05, 0.1) is 15.6 Å². The summed E-state index contributed by atoms with van der Waals surface area (Å²) in [6.45, 7) is -0.0897. The lowest BCUT2D eigenvalue weighted by Crippen LogP contribution is -2.26. The average molecular weight is 337 g/mol. The van der Waals surface area contributed by atoms with E-state index in [1.54, 1.807) is 0 Å². The first-order valence-corrected chi connectivity index (χ1v) is 9.28. The number of anilines is 1. The number of nitrogens with one attached hydrogen (secondary N) is 1. The Morgan fingerprint density at radius 3 is 2.43 bits per heavy atom. The van der Waals surface area contributed by atoms with E-state index in [1.807, 2.05) is 0 Å². The molecule has 0 spiro atoms. The summed E-state index contributed by atoms with van der Waals surface area (Å²) >= 11 is 0. The number of nitrogens with zero attached hydrogens (tertiary/aromatic N) is 1. The Morgan fingerprint density at radius 2 is 1.90 bits per heavy atom. The van der Waals surface area contributed by atoms with Crippen molar-refractivity contribution in [3.05, 3.63) is 28.3 Å². The molecule has 0 saturated carbocycles. The first kappa shape index (κ1) is 17.3. The average Bonchev–Trinajstić information content (AvgIpc) is 2.33. The van der Waals surface area contributed by atoms with Crippen LogP contribution in [0, 0.1) is 10.1 Å². The second-order valence-electron chi connectivity index (χ2n) is 4.36. The monoisotopic (exact) mass is 337 g/mol. The van der Waals surface area contributed by atoms with E-state index in [9.17, 15) is 26.9 Å². The van der Waals surface area contributed by atoms with Gasteiger partial charge in [0.2, 0.25) is 10.0 Å². The van der Waals surface area contributed by atoms with Crippen molar-refractivity contribution in [2.24, 2.45) is 0 Å². The minimum Gasteiger partial charge on any atom is -0.393 e. The predicted molar refractivity (Wildman–Crippen MR) is 77.0 cm³/mol. The summed E-state index contributed by atoms with van der Waals surface area (Å²) in [4.78, 5) is 9.63. The van der Waals surface area contributed by atoms with E-state index in [1.165, 1.54) is 0 Å². The number of benzene rings is 1. The zero-order valence-corrected chi connectivity index (χ0v) is 12.8. The van der Waals surface area contributed by atoms with Crippen LogP contribution in [0.4, 0.5) is 11.4 Å². The summed E-state index contributed by atoms with van der Waals surface area (Å²) in [7, 11) is -7.13. The number of sulfonamides is 1. The van der Waals surface area contributed by atoms with Crippen LogP contribution in [0.3, 0.4) is 0 Å². The molecule has 0 radical (unpaired) electrons. The standard InChI is InChI=1S/C10H15N3O6S2/c1-20(16,17)6-2-5-12-21(18,19)8-3-4-9(11)10(7-8)13(14)15/h3-4,7,12H,2,5-6,11H2,1H3. The summed E-state index contributed by atoms with van der Waals surface area (Å²) in [6, 6.07) is 3.12. The van der Waals surface area contributed by atoms with E-state index in [2.05, 4.69) is 4.72 Å². The number of rotatable bonds is 7. The molecule has 1 rings (SSSR count). The molecule has 11 heteroatoms. The largest absolute Gasteiger partial charge is 0.393 e. The van der Waals surface area contributed by atoms with Crippen LogP contribution in [0.15, 0.2) is 23.1 Å². The van der Waals surface area contributed by atoms with Gasteiger partial charge in [-0.05, 0) is 18.6 Å². The van der Waals surface area contributed by atoms with Gasteiger partial charge in [-0.15, -0.1) is 0 Å². The molecular weight excluding hydrogens is 322 g/mol. The van der Waals surface area contributed by atoms with Crippen LogP contribution < -0.4 is 10.5 Å². The van der Waals surface area contributed by atoms with E-state index >= 15 is 0 Å². The van der Waals surface area contributed by atoms with E-state index in [-0.39, 0.29) is 29.3 Å². The molecule has 0 amide bonds. The quantitative estimate of drug-likeness (QED) is 0.305. The van der Waals surface area contributed by atoms with Crippen molar-refractivity contribution < 1.29 is 21.8 Å². The highest BCUT2D eigenvalue weighted by atomic mass is 32.2. The molecule has 0 saturated heterocycles. The third kappa shape index (κ3) is 5.28. The number of hydrogen-bond acceptors (Lipinski definition) is 7. The topological polar surface area (TPSA) is 149 Å². The Labute approximate surface area is 122 Å². The molecule has 0 unspecified atom stereocenters. The van der Waals surface area contributed by atoms with Crippen molar-refractivity contribution in [3.63, 3.8) is 0 Å². The van der Waals surface area contributed by atoms with Crippen LogP contribution >= 0.6 is 0 Å². The molecule has 1 aromatic rings. The zero-order valence-electron chi connectivity index (χ0n) is 11.1. The summed E-state index contributed by atoms with van der Waals surface area (Å²) in [5.41, 5.74) is 4.73. The summed E-state index contributed by atoms with van der Waals surface area (Å²) in [5.74, 6) is -0.155. The summed E-state index contributed by atoms with van der Waals surface area (Å²) < 4.78 is 47.8. The summed E-state index contributed by atoms with van der Waals surface area (Å²) in [6.07, 6.45) is 1.15. The van der Waals surface area contributed by atoms with Crippen molar-refractivity contribution in [1.82, 2.24) is 4.72 Å². The lowest BCUT2D eigenvalue weighted by atomic mass is 10.3. The van der Waals surface area contributed by atoms with Gasteiger partial charge in [0, 0.05) is 18.9 Å². The Hall–Kier alpha value is -1.72. The lowest BCUT2D eigenvalue weighted by Gasteiger charge is -2.07. The van der Waals surface area contributed by atoms with Gasteiger partial charge in [-0.2, -0.15) is 0 Å². The minimum absolute atomic E-state index is 0.0897. The van der Waals surface area contributed by atoms with Gasteiger partial charge in [-0.25, -0.2) is 21.6 Å². The molecule has 0 fully saturated rings. The van der Waals surface area contributed by atoms with Crippen LogP contribution in [0.25, 0.3) is 0 Å². The SMILES string of the molecule is CS(=O)(=O)CCCNS(=O)(=O)c1ccc(N)c([N+](=O)[O-])c1. The highest BCUT2D eigenvalue weighted by Crippen LogP contribution is 2.24. The Bertz CT molecular complexity index is 742. The second-order valence-corrected chi connectivity index (χ2v) is 8.39. The molecule has 1 aromatic carbocycles. The first-order valence-electron chi connectivity index (χ1n) is 5.74. The van der Waals surface area contributed by atoms with Crippen molar-refractivity contribution in [2.75, 3.05) is 24.3 Å². The number of nitro benzene ring substituents is 1. The zero-order chi connectivity index (χ0) is 16.3. The number of nitrogens with two attached hydrogens (primary N) is 1. The molecule has 118 valence electrons. The Kier molecular flexibility index (Phi) is 5.25. The fourth-order valence-corrected chi connectivity index (χ4v) is 3.24. The highest BCUT2D eigenvalue weighted by Gasteiger charge is 2.19. The van der Waals surface area contributed by atoms with Crippen LogP contribution in [-0.4, -0.2) is 40.3 Å². The van der Waals surface area contributed by atoms with Gasteiger partial charge < -0.3 is 5.73 Å². The maximum absolute atomic E-state index is 11.9. The number of nitrogen functional groups attached to an aromatic ring is 1. The third-order valence-electron chi connectivity index (χ3n) is 2.49. The molecule has 0 aliphatic heterocycles. The van der Waals surface area contributed by atoms with Gasteiger partial charge in [0.1, 0.15) is 15.5 Å². The number of sulfone groups is 1. The Balaban J connectivity index is 2.84. The molecule has 3 N–H and O–H groups in total. The van der Waals surface area contributed by atoms with E-state index in [4.69, 9.17) is 5.73 Å². The fourth-order valence-electron chi connectivity index (χ4n) is 1.47. The Morgan fingerprint density at radius 1 is 1.29 bits per heavy atom. The van der Waals surface area contributed by atoms with Crippen molar-refractivity contribution >= 4 is 31.2 Å². The lowest BCUT2D eigenvalue weighted by molar-refractivity contribution is -0.384. The maximum atomic E-state index is 11.9. The van der Waals surface area contributed by atoms with Gasteiger partial charge in [-0.3, -0.25) is 10.1 Å². The van der Waals surface area contributed by atoms with Crippen LogP contribution in [-0.2, 0) is 19.9 Å². The van der Waals surface area contributed by atoms with Crippen LogP contribution in [0.1, 0.15) is 6.42 Å². The molecule has 0 aromatic heterocycles. The van der Waals surface area contributed by atoms with Crippen LogP contribution in [0.2, 0.25) is 0 Å². The molecule has 0 heterocycles. The molecule has 0 aliphatic carbocycles. The second kappa shape index (κ2) is 6.37. The van der Waals surface area contributed by atoms with Crippen molar-refractivity contribution in [3.8, 4) is 0 Å². The molecule has 0 atom stereocenters. The summed E-state index contributed by atoms with van der Waals surface area (Å²) in [5, 5.41) is 10.7. The fraction of sp³-hybridized carbons (Fsp3) is 0.400. The van der Waals surface area contributed by atoms with Crippen molar-refractivity contribution in [2.45, 2.75) is 11.3 Å². The first-order chi connectivity index (χ1) is 9.53. The molecule has 0 bridgehead atoms. The van der Waals surface area contributed by atoms with Gasteiger partial charge in [0.15, 0.2) is 0 Å². The minimum atomic E-state index is -3.96. The molecule has 9 nitrogen and oxygen atoms in total. The number of nitro groups is 1. The van der Waals surface area contributed by atoms with E-state index in [0.29, 0.717) is 0 Å². The number of hydrogen-bond donors (Lipinski definition) is 2. The van der Waals surface area contributed by atoms with E-state index in [0.717, 1.165) is 24.5 Å². The molecule has 21 heavy (non-hydrogen) atoms.